The van der Waals surface area contributed by atoms with Crippen LogP contribution in [0.25, 0.3) is 0 Å². The van der Waals surface area contributed by atoms with Gasteiger partial charge in [0, 0.05) is 30.6 Å². The van der Waals surface area contributed by atoms with Crippen LogP contribution in [0.2, 0.25) is 0 Å². The Labute approximate surface area is 195 Å². The third-order valence-corrected chi connectivity index (χ3v) is 10.4. The SMILES string of the molecule is C=C1C[C@]23CC[C@H]1CC2[C@@]12CCC[C@@]4(C)C(=O)N(CCOC(C)=O)[C@H]1O[C@@H]3[C@@H](OC(C)=O)[C@@H]24. The molecule has 0 N–H and O–H groups in total. The second kappa shape index (κ2) is 6.83. The van der Waals surface area contributed by atoms with Crippen LogP contribution in [0.15, 0.2) is 12.2 Å². The minimum Gasteiger partial charge on any atom is -0.464 e. The van der Waals surface area contributed by atoms with Gasteiger partial charge in [0.25, 0.3) is 0 Å². The minimum atomic E-state index is -0.609. The molecule has 7 bridgehead atoms. The van der Waals surface area contributed by atoms with E-state index >= 15 is 0 Å². The number of hydrogen-bond donors (Lipinski definition) is 0. The fourth-order valence-electron chi connectivity index (χ4n) is 9.62. The van der Waals surface area contributed by atoms with Crippen LogP contribution in [0, 0.1) is 34.0 Å². The molecule has 1 unspecified atom stereocenters. The molecule has 0 radical (unpaired) electrons. The van der Waals surface area contributed by atoms with Crippen molar-refractivity contribution in [2.24, 2.45) is 34.0 Å². The molecular weight excluding hydrogens is 422 g/mol. The number of esters is 2. The number of piperidine rings is 1. The topological polar surface area (TPSA) is 82.1 Å². The molecule has 1 amide bonds. The first-order chi connectivity index (χ1) is 15.6. The van der Waals surface area contributed by atoms with Crippen molar-refractivity contribution in [2.45, 2.75) is 84.2 Å². The first-order valence-corrected chi connectivity index (χ1v) is 12.6. The van der Waals surface area contributed by atoms with Crippen LogP contribution in [-0.4, -0.2) is 54.3 Å². The molecule has 3 aliphatic heterocycles. The molecule has 0 aromatic carbocycles. The Morgan fingerprint density at radius 2 is 2.00 bits per heavy atom. The van der Waals surface area contributed by atoms with Gasteiger partial charge in [-0.1, -0.05) is 25.5 Å². The zero-order chi connectivity index (χ0) is 23.3. The lowest BCUT2D eigenvalue weighted by molar-refractivity contribution is -0.407. The molecule has 5 aliphatic carbocycles. The Balaban J connectivity index is 1.49. The molecule has 2 spiro atoms. The molecule has 8 rings (SSSR count). The van der Waals surface area contributed by atoms with Crippen molar-refractivity contribution >= 4 is 17.8 Å². The number of ether oxygens (including phenoxy) is 3. The van der Waals surface area contributed by atoms with Crippen LogP contribution < -0.4 is 0 Å². The second-order valence-corrected chi connectivity index (χ2v) is 11.8. The lowest BCUT2D eigenvalue weighted by atomic mass is 9.32. The van der Waals surface area contributed by atoms with Crippen LogP contribution in [-0.2, 0) is 28.6 Å². The van der Waals surface area contributed by atoms with Gasteiger partial charge in [-0.25, -0.2) is 0 Å². The zero-order valence-electron chi connectivity index (χ0n) is 19.9. The molecule has 7 heteroatoms. The molecule has 8 fully saturated rings. The maximum absolute atomic E-state index is 14.0. The molecule has 3 heterocycles. The van der Waals surface area contributed by atoms with E-state index in [0.29, 0.717) is 18.4 Å². The molecule has 5 saturated carbocycles. The molecule has 3 saturated heterocycles. The fraction of sp³-hybridized carbons (Fsp3) is 0.808. The van der Waals surface area contributed by atoms with E-state index < -0.39 is 11.5 Å². The Morgan fingerprint density at radius 3 is 2.70 bits per heavy atom. The van der Waals surface area contributed by atoms with Gasteiger partial charge in [-0.3, -0.25) is 14.4 Å². The quantitative estimate of drug-likeness (QED) is 0.476. The van der Waals surface area contributed by atoms with Gasteiger partial charge in [0.05, 0.1) is 12.0 Å². The van der Waals surface area contributed by atoms with Crippen LogP contribution >= 0.6 is 0 Å². The number of nitrogens with zero attached hydrogens (tertiary/aromatic N) is 1. The van der Waals surface area contributed by atoms with Crippen molar-refractivity contribution in [3.8, 4) is 0 Å². The van der Waals surface area contributed by atoms with Crippen molar-refractivity contribution in [1.82, 2.24) is 4.90 Å². The molecule has 0 aromatic heterocycles. The summed E-state index contributed by atoms with van der Waals surface area (Å²) in [4.78, 5) is 39.6. The van der Waals surface area contributed by atoms with Crippen molar-refractivity contribution in [1.29, 1.82) is 0 Å². The Hall–Kier alpha value is -1.89. The summed E-state index contributed by atoms with van der Waals surface area (Å²) in [5, 5.41) is 0. The molecular formula is C26H35NO6. The highest BCUT2D eigenvalue weighted by Crippen LogP contribution is 2.78. The van der Waals surface area contributed by atoms with Crippen molar-refractivity contribution in [2.75, 3.05) is 13.2 Å². The number of amides is 1. The van der Waals surface area contributed by atoms with E-state index in [9.17, 15) is 14.4 Å². The third kappa shape index (κ3) is 2.52. The van der Waals surface area contributed by atoms with Crippen LogP contribution in [0.5, 0.6) is 0 Å². The lowest BCUT2D eigenvalue weighted by Crippen LogP contribution is -2.85. The zero-order valence-corrected chi connectivity index (χ0v) is 19.9. The number of hydrogen-bond acceptors (Lipinski definition) is 6. The number of rotatable bonds is 4. The van der Waals surface area contributed by atoms with Gasteiger partial charge in [-0.05, 0) is 50.4 Å². The third-order valence-electron chi connectivity index (χ3n) is 10.4. The molecule has 0 aromatic rings. The summed E-state index contributed by atoms with van der Waals surface area (Å²) < 4.78 is 18.2. The van der Waals surface area contributed by atoms with Crippen LogP contribution in [0.4, 0.5) is 0 Å². The van der Waals surface area contributed by atoms with Gasteiger partial charge in [0.2, 0.25) is 5.91 Å². The minimum absolute atomic E-state index is 0.0351. The first-order valence-electron chi connectivity index (χ1n) is 12.6. The summed E-state index contributed by atoms with van der Waals surface area (Å²) in [6.07, 6.45) is 5.99. The molecule has 180 valence electrons. The number of carbonyl (C=O) groups excluding carboxylic acids is 3. The Kier molecular flexibility index (Phi) is 4.48. The number of fused-ring (bicyclic) bond motifs is 2. The summed E-state index contributed by atoms with van der Waals surface area (Å²) in [5.41, 5.74) is 0.394. The maximum Gasteiger partial charge on any atom is 0.303 e. The van der Waals surface area contributed by atoms with Gasteiger partial charge < -0.3 is 19.1 Å². The van der Waals surface area contributed by atoms with E-state index in [2.05, 4.69) is 13.5 Å². The highest BCUT2D eigenvalue weighted by atomic mass is 16.6. The van der Waals surface area contributed by atoms with E-state index in [1.807, 2.05) is 4.90 Å². The van der Waals surface area contributed by atoms with Gasteiger partial charge in [0.1, 0.15) is 25.0 Å². The standard InChI is InChI=1S/C26H35NO6/c1-14-13-25-9-6-17(14)12-18(25)26-8-5-7-24(4)20(26)19(32-16(3)29)21(25)33-23(26)27(22(24)30)10-11-31-15(2)28/h17-21,23H,1,5-13H2,2-4H3/t17-,18?,19-,20+,21+,23-,24+,25+,26+/m0/s1. The monoisotopic (exact) mass is 457 g/mol. The van der Waals surface area contributed by atoms with E-state index in [-0.39, 0.29) is 53.5 Å². The van der Waals surface area contributed by atoms with Gasteiger partial charge in [0.15, 0.2) is 0 Å². The summed E-state index contributed by atoms with van der Waals surface area (Å²) >= 11 is 0. The molecule has 7 nitrogen and oxygen atoms in total. The molecule has 8 aliphatic rings. The van der Waals surface area contributed by atoms with Crippen molar-refractivity contribution in [3.63, 3.8) is 0 Å². The normalized spacial score (nSPS) is 49.0. The lowest BCUT2D eigenvalue weighted by Gasteiger charge is -2.79. The average molecular weight is 458 g/mol. The second-order valence-electron chi connectivity index (χ2n) is 11.8. The van der Waals surface area contributed by atoms with Crippen molar-refractivity contribution in [3.05, 3.63) is 12.2 Å². The van der Waals surface area contributed by atoms with E-state index in [4.69, 9.17) is 14.2 Å². The maximum atomic E-state index is 14.0. The number of allylic oxidation sites excluding steroid dienone is 1. The summed E-state index contributed by atoms with van der Waals surface area (Å²) in [6.45, 7) is 9.88. The van der Waals surface area contributed by atoms with E-state index in [1.54, 1.807) is 0 Å². The van der Waals surface area contributed by atoms with Gasteiger partial charge in [-0.2, -0.15) is 0 Å². The highest BCUT2D eigenvalue weighted by Gasteiger charge is 2.82. The fourth-order valence-corrected chi connectivity index (χ4v) is 9.62. The molecule has 9 atom stereocenters. The van der Waals surface area contributed by atoms with E-state index in [1.165, 1.54) is 19.4 Å². The highest BCUT2D eigenvalue weighted by molar-refractivity contribution is 5.85. The smallest absolute Gasteiger partial charge is 0.303 e. The Morgan fingerprint density at radius 1 is 1.21 bits per heavy atom. The van der Waals surface area contributed by atoms with Crippen molar-refractivity contribution < 1.29 is 28.6 Å². The van der Waals surface area contributed by atoms with Gasteiger partial charge in [-0.15, -0.1) is 0 Å². The molecule has 33 heavy (non-hydrogen) atoms. The predicted octanol–water partition coefficient (Wildman–Crippen LogP) is 3.22. The Bertz CT molecular complexity index is 947. The van der Waals surface area contributed by atoms with Crippen LogP contribution in [0.3, 0.4) is 0 Å². The summed E-state index contributed by atoms with van der Waals surface area (Å²) in [7, 11) is 0. The number of likely N-dealkylation sites (tertiary alicyclic amines) is 1. The van der Waals surface area contributed by atoms with E-state index in [0.717, 1.165) is 44.9 Å². The number of carbonyl (C=O) groups is 3. The average Bonchev–Trinajstić information content (AvgIpc) is 2.75. The summed E-state index contributed by atoms with van der Waals surface area (Å²) in [6, 6.07) is 0. The largest absolute Gasteiger partial charge is 0.464 e. The summed E-state index contributed by atoms with van der Waals surface area (Å²) in [5.74, 6) is 0.344. The first kappa shape index (κ1) is 21.6. The van der Waals surface area contributed by atoms with Crippen LogP contribution in [0.1, 0.15) is 65.7 Å². The van der Waals surface area contributed by atoms with Gasteiger partial charge >= 0.3 is 11.9 Å². The predicted molar refractivity (Wildman–Crippen MR) is 117 cm³/mol.